The molecule has 0 aliphatic heterocycles. The number of nitrogen functional groups attached to an aromatic ring is 1. The van der Waals surface area contributed by atoms with E-state index in [1.54, 1.807) is 10.9 Å². The van der Waals surface area contributed by atoms with Gasteiger partial charge < -0.3 is 15.8 Å². The molecule has 0 aliphatic carbocycles. The van der Waals surface area contributed by atoms with E-state index in [0.29, 0.717) is 11.6 Å². The van der Waals surface area contributed by atoms with Gasteiger partial charge in [0.1, 0.15) is 0 Å². The van der Waals surface area contributed by atoms with Crippen LogP contribution in [-0.2, 0) is 6.54 Å². The first-order valence-corrected chi connectivity index (χ1v) is 6.94. The molecule has 0 radical (unpaired) electrons. The molecule has 0 amide bonds. The average Bonchev–Trinajstić information content (AvgIpc) is 2.98. The van der Waals surface area contributed by atoms with E-state index >= 15 is 0 Å². The summed E-state index contributed by atoms with van der Waals surface area (Å²) in [5, 5.41) is 11.8. The predicted molar refractivity (Wildman–Crippen MR) is 75.4 cm³/mol. The van der Waals surface area contributed by atoms with Gasteiger partial charge in [0, 0.05) is 19.3 Å². The number of aryl methyl sites for hydroxylation is 1. The van der Waals surface area contributed by atoms with Gasteiger partial charge in [-0.2, -0.15) is 4.37 Å². The molecule has 0 aromatic carbocycles. The predicted octanol–water partition coefficient (Wildman–Crippen LogP) is 1.61. The van der Waals surface area contributed by atoms with Crippen molar-refractivity contribution in [3.63, 3.8) is 0 Å². The van der Waals surface area contributed by atoms with Crippen LogP contribution in [0.25, 0.3) is 0 Å². The molecule has 8 heteroatoms. The molecule has 2 rings (SSSR count). The number of nitrogens with two attached hydrogens (primary N) is 1. The lowest BCUT2D eigenvalue weighted by molar-refractivity contribution is 0.245. The summed E-state index contributed by atoms with van der Waals surface area (Å²) in [6.45, 7) is 5.55. The summed E-state index contributed by atoms with van der Waals surface area (Å²) in [6, 6.07) is 0. The van der Waals surface area contributed by atoms with Crippen LogP contribution >= 0.6 is 11.5 Å². The van der Waals surface area contributed by atoms with E-state index in [2.05, 4.69) is 20.0 Å². The Kier molecular flexibility index (Phi) is 4.56. The van der Waals surface area contributed by atoms with Crippen molar-refractivity contribution in [2.45, 2.75) is 32.9 Å². The quantitative estimate of drug-likeness (QED) is 0.750. The van der Waals surface area contributed by atoms with Gasteiger partial charge in [-0.25, -0.2) is 0 Å². The van der Waals surface area contributed by atoms with Crippen molar-refractivity contribution in [3.8, 4) is 5.75 Å². The molecular formula is C11H18N6OS. The maximum absolute atomic E-state index is 5.78. The van der Waals surface area contributed by atoms with Gasteiger partial charge >= 0.3 is 0 Å². The van der Waals surface area contributed by atoms with Crippen molar-refractivity contribution in [2.75, 3.05) is 17.6 Å². The van der Waals surface area contributed by atoms with Crippen LogP contribution < -0.4 is 15.8 Å². The second kappa shape index (κ2) is 6.37. The standard InChI is InChI=1S/C11H18N6OS/c1-8(2)18-9-10(12)15-19-11(9)13-4-3-6-17-7-5-14-16-17/h5,7-8,13H,3-4,6H2,1-2H3,(H2,12,15). The van der Waals surface area contributed by atoms with Crippen molar-refractivity contribution >= 4 is 22.4 Å². The molecular weight excluding hydrogens is 264 g/mol. The molecule has 3 N–H and O–H groups in total. The highest BCUT2D eigenvalue weighted by Crippen LogP contribution is 2.35. The van der Waals surface area contributed by atoms with Crippen LogP contribution in [0.1, 0.15) is 20.3 Å². The summed E-state index contributed by atoms with van der Waals surface area (Å²) in [5.74, 6) is 1.10. The van der Waals surface area contributed by atoms with E-state index in [1.807, 2.05) is 20.0 Å². The van der Waals surface area contributed by atoms with Gasteiger partial charge in [0.2, 0.25) is 0 Å². The highest BCUT2D eigenvalue weighted by atomic mass is 32.1. The minimum Gasteiger partial charge on any atom is -0.484 e. The number of hydrogen-bond donors (Lipinski definition) is 2. The monoisotopic (exact) mass is 282 g/mol. The van der Waals surface area contributed by atoms with E-state index in [4.69, 9.17) is 10.5 Å². The summed E-state index contributed by atoms with van der Waals surface area (Å²) in [5.41, 5.74) is 5.78. The van der Waals surface area contributed by atoms with Gasteiger partial charge in [-0.3, -0.25) is 4.68 Å². The van der Waals surface area contributed by atoms with Gasteiger partial charge in [-0.1, -0.05) is 5.21 Å². The molecule has 0 saturated heterocycles. The molecule has 104 valence electrons. The minimum atomic E-state index is 0.0781. The highest BCUT2D eigenvalue weighted by Gasteiger charge is 2.13. The largest absolute Gasteiger partial charge is 0.484 e. The second-order valence-electron chi connectivity index (χ2n) is 4.34. The number of nitrogens with zero attached hydrogens (tertiary/aromatic N) is 4. The van der Waals surface area contributed by atoms with E-state index in [0.717, 1.165) is 24.5 Å². The third kappa shape index (κ3) is 3.82. The van der Waals surface area contributed by atoms with Crippen LogP contribution in [0.2, 0.25) is 0 Å². The van der Waals surface area contributed by atoms with Crippen LogP contribution in [-0.4, -0.2) is 32.0 Å². The lowest BCUT2D eigenvalue weighted by Gasteiger charge is -2.11. The maximum Gasteiger partial charge on any atom is 0.197 e. The smallest absolute Gasteiger partial charge is 0.197 e. The van der Waals surface area contributed by atoms with Gasteiger partial charge in [-0.05, 0) is 31.8 Å². The van der Waals surface area contributed by atoms with Gasteiger partial charge in [0.15, 0.2) is 16.6 Å². The SMILES string of the molecule is CC(C)Oc1c(N)nsc1NCCCn1ccnn1. The number of anilines is 2. The highest BCUT2D eigenvalue weighted by molar-refractivity contribution is 7.11. The normalized spacial score (nSPS) is 10.9. The number of ether oxygens (including phenoxy) is 1. The Morgan fingerprint density at radius 2 is 2.37 bits per heavy atom. The first-order valence-electron chi connectivity index (χ1n) is 6.16. The average molecular weight is 282 g/mol. The topological polar surface area (TPSA) is 90.9 Å². The van der Waals surface area contributed by atoms with E-state index in [-0.39, 0.29) is 6.10 Å². The molecule has 7 nitrogen and oxygen atoms in total. The first-order chi connectivity index (χ1) is 9.16. The molecule has 0 aliphatic rings. The zero-order valence-electron chi connectivity index (χ0n) is 11.0. The van der Waals surface area contributed by atoms with Crippen molar-refractivity contribution in [1.29, 1.82) is 0 Å². The Hall–Kier alpha value is -1.83. The zero-order valence-corrected chi connectivity index (χ0v) is 11.9. The summed E-state index contributed by atoms with van der Waals surface area (Å²) < 4.78 is 11.6. The Bertz CT molecular complexity index is 495. The van der Waals surface area contributed by atoms with E-state index < -0.39 is 0 Å². The Labute approximate surface area is 115 Å². The van der Waals surface area contributed by atoms with Crippen LogP contribution in [0.3, 0.4) is 0 Å². The van der Waals surface area contributed by atoms with Crippen LogP contribution in [0.15, 0.2) is 12.4 Å². The second-order valence-corrected chi connectivity index (χ2v) is 5.11. The molecule has 0 unspecified atom stereocenters. The van der Waals surface area contributed by atoms with Crippen LogP contribution in [0, 0.1) is 0 Å². The molecule has 2 aromatic rings. The van der Waals surface area contributed by atoms with Crippen molar-refractivity contribution in [2.24, 2.45) is 0 Å². The van der Waals surface area contributed by atoms with Gasteiger partial charge in [0.25, 0.3) is 0 Å². The molecule has 0 bridgehead atoms. The van der Waals surface area contributed by atoms with Crippen molar-refractivity contribution < 1.29 is 4.74 Å². The Balaban J connectivity index is 1.82. The van der Waals surface area contributed by atoms with E-state index in [1.165, 1.54) is 11.5 Å². The molecule has 0 atom stereocenters. The maximum atomic E-state index is 5.78. The number of rotatable bonds is 7. The van der Waals surface area contributed by atoms with Crippen molar-refractivity contribution in [3.05, 3.63) is 12.4 Å². The van der Waals surface area contributed by atoms with Crippen LogP contribution in [0.4, 0.5) is 10.8 Å². The number of aromatic nitrogens is 4. The molecule has 2 aromatic heterocycles. The third-order valence-corrected chi connectivity index (χ3v) is 3.15. The fourth-order valence-corrected chi connectivity index (χ4v) is 2.23. The number of nitrogens with one attached hydrogen (secondary N) is 1. The molecule has 19 heavy (non-hydrogen) atoms. The van der Waals surface area contributed by atoms with Crippen molar-refractivity contribution in [1.82, 2.24) is 19.4 Å². The van der Waals surface area contributed by atoms with E-state index in [9.17, 15) is 0 Å². The lowest BCUT2D eigenvalue weighted by Crippen LogP contribution is -2.10. The van der Waals surface area contributed by atoms with Gasteiger partial charge in [-0.15, -0.1) is 5.10 Å². The third-order valence-electron chi connectivity index (χ3n) is 2.35. The molecule has 2 heterocycles. The number of hydrogen-bond acceptors (Lipinski definition) is 7. The summed E-state index contributed by atoms with van der Waals surface area (Å²) >= 11 is 1.32. The summed E-state index contributed by atoms with van der Waals surface area (Å²) in [6.07, 6.45) is 4.53. The zero-order chi connectivity index (χ0) is 13.7. The fourth-order valence-electron chi connectivity index (χ4n) is 1.55. The first kappa shape index (κ1) is 13.6. The Morgan fingerprint density at radius 3 is 3.05 bits per heavy atom. The Morgan fingerprint density at radius 1 is 1.53 bits per heavy atom. The molecule has 0 spiro atoms. The van der Waals surface area contributed by atoms with Gasteiger partial charge in [0.05, 0.1) is 12.3 Å². The molecule has 0 fully saturated rings. The minimum absolute atomic E-state index is 0.0781. The lowest BCUT2D eigenvalue weighted by atomic mass is 10.4. The summed E-state index contributed by atoms with van der Waals surface area (Å²) in [4.78, 5) is 0. The summed E-state index contributed by atoms with van der Waals surface area (Å²) in [7, 11) is 0. The molecule has 0 saturated carbocycles. The fraction of sp³-hybridized carbons (Fsp3) is 0.545. The van der Waals surface area contributed by atoms with Crippen LogP contribution in [0.5, 0.6) is 5.75 Å².